The molecule has 3 aromatic rings. The van der Waals surface area contributed by atoms with Crippen LogP contribution in [-0.2, 0) is 13.9 Å². The van der Waals surface area contributed by atoms with Gasteiger partial charge in [0.25, 0.3) is 14.0 Å². The van der Waals surface area contributed by atoms with E-state index in [2.05, 4.69) is 69.3 Å². The van der Waals surface area contributed by atoms with E-state index in [-0.39, 0.29) is 10.7 Å². The summed E-state index contributed by atoms with van der Waals surface area (Å²) in [6, 6.07) is 27.1. The van der Waals surface area contributed by atoms with Crippen LogP contribution in [0.5, 0.6) is 5.75 Å². The van der Waals surface area contributed by atoms with Crippen molar-refractivity contribution in [2.75, 3.05) is 39.6 Å². The van der Waals surface area contributed by atoms with E-state index in [0.717, 1.165) is 0 Å². The minimum absolute atomic E-state index is 0.0367. The first kappa shape index (κ1) is 27.5. The third-order valence-corrected chi connectivity index (χ3v) is 10.9. The number of hydrogen-bond donors (Lipinski definition) is 0. The van der Waals surface area contributed by atoms with Crippen LogP contribution in [-0.4, -0.2) is 52.9 Å². The number of benzene rings is 3. The Hall–Kier alpha value is -3.04. The Balaban J connectivity index is 1.43. The minimum Gasteiger partial charge on any atom is -0.491 e. The number of rotatable bonds is 14. The Morgan fingerprint density at radius 1 is 0.694 bits per heavy atom. The van der Waals surface area contributed by atoms with Gasteiger partial charge in [-0.2, -0.15) is 0 Å². The summed E-state index contributed by atoms with van der Waals surface area (Å²) < 4.78 is 23.7. The van der Waals surface area contributed by atoms with E-state index in [1.165, 1.54) is 22.5 Å². The van der Waals surface area contributed by atoms with E-state index in [1.807, 2.05) is 12.1 Å². The lowest BCUT2D eigenvalue weighted by atomic mass is 10.2. The zero-order chi connectivity index (χ0) is 25.9. The molecule has 3 rings (SSSR count). The summed E-state index contributed by atoms with van der Waals surface area (Å²) in [5.74, 6) is 0.570. The summed E-state index contributed by atoms with van der Waals surface area (Å²) in [5, 5.41) is 13.1. The lowest BCUT2D eigenvalue weighted by Crippen LogP contribution is -2.66. The number of non-ortho nitro benzene ring substituents is 1. The van der Waals surface area contributed by atoms with E-state index in [9.17, 15) is 10.1 Å². The smallest absolute Gasteiger partial charge is 0.269 e. The van der Waals surface area contributed by atoms with Crippen molar-refractivity contribution in [2.24, 2.45) is 0 Å². The zero-order valence-corrected chi connectivity index (χ0v) is 22.2. The predicted molar refractivity (Wildman–Crippen MR) is 144 cm³/mol. The molecule has 7 nitrogen and oxygen atoms in total. The van der Waals surface area contributed by atoms with Crippen molar-refractivity contribution in [3.63, 3.8) is 0 Å². The first-order valence-electron chi connectivity index (χ1n) is 12.1. The Bertz CT molecular complexity index is 1020. The summed E-state index contributed by atoms with van der Waals surface area (Å²) in [5.41, 5.74) is 0.0367. The van der Waals surface area contributed by atoms with Crippen LogP contribution >= 0.6 is 0 Å². The molecule has 0 amide bonds. The van der Waals surface area contributed by atoms with Gasteiger partial charge in [0.05, 0.1) is 38.0 Å². The molecule has 0 aromatic heterocycles. The van der Waals surface area contributed by atoms with Crippen molar-refractivity contribution < 1.29 is 23.6 Å². The second-order valence-electron chi connectivity index (χ2n) is 9.34. The highest BCUT2D eigenvalue weighted by atomic mass is 28.4. The van der Waals surface area contributed by atoms with Crippen LogP contribution in [0, 0.1) is 10.1 Å². The summed E-state index contributed by atoms with van der Waals surface area (Å²) >= 11 is 0. The molecule has 0 aliphatic carbocycles. The van der Waals surface area contributed by atoms with Crippen molar-refractivity contribution in [3.05, 3.63) is 95.0 Å². The van der Waals surface area contributed by atoms with Gasteiger partial charge in [0, 0.05) is 12.1 Å². The monoisotopic (exact) mass is 509 g/mol. The fraction of sp³-hybridized carbons (Fsp3) is 0.357. The van der Waals surface area contributed by atoms with Gasteiger partial charge in [0.2, 0.25) is 0 Å². The molecule has 0 aliphatic heterocycles. The van der Waals surface area contributed by atoms with Crippen LogP contribution in [0.25, 0.3) is 0 Å². The van der Waals surface area contributed by atoms with Gasteiger partial charge < -0.3 is 18.6 Å². The van der Waals surface area contributed by atoms with Crippen LogP contribution in [0.2, 0.25) is 5.04 Å². The zero-order valence-electron chi connectivity index (χ0n) is 21.2. The second-order valence-corrected chi connectivity index (χ2v) is 13.6. The van der Waals surface area contributed by atoms with E-state index >= 15 is 0 Å². The van der Waals surface area contributed by atoms with Crippen molar-refractivity contribution in [2.45, 2.75) is 25.8 Å². The molecule has 0 heterocycles. The van der Waals surface area contributed by atoms with Crippen molar-refractivity contribution in [1.29, 1.82) is 0 Å². The quantitative estimate of drug-likeness (QED) is 0.137. The topological polar surface area (TPSA) is 80.1 Å². The number of nitro benzene ring substituents is 1. The van der Waals surface area contributed by atoms with E-state index in [4.69, 9.17) is 18.6 Å². The Morgan fingerprint density at radius 2 is 1.17 bits per heavy atom. The average molecular weight is 510 g/mol. The molecule has 0 N–H and O–H groups in total. The molecule has 0 spiro atoms. The molecule has 0 saturated carbocycles. The van der Waals surface area contributed by atoms with E-state index in [0.29, 0.717) is 45.4 Å². The van der Waals surface area contributed by atoms with Gasteiger partial charge in [-0.1, -0.05) is 81.4 Å². The van der Waals surface area contributed by atoms with Crippen LogP contribution in [0.1, 0.15) is 20.8 Å². The third kappa shape index (κ3) is 7.24. The van der Waals surface area contributed by atoms with Gasteiger partial charge in [-0.05, 0) is 27.5 Å². The number of nitrogens with zero attached hydrogens (tertiary/aromatic N) is 1. The highest BCUT2D eigenvalue weighted by Crippen LogP contribution is 2.36. The highest BCUT2D eigenvalue weighted by molar-refractivity contribution is 6.99. The first-order chi connectivity index (χ1) is 17.3. The standard InChI is InChI=1S/C28H35NO6Si/c1-28(2,3)36(26-10-6-4-7-11-26,27-12-8-5-9-13-27)35-23-21-33-19-18-32-20-22-34-25-16-14-24(15-17-25)29(30)31/h4-17H,18-23H2,1-3H3. The van der Waals surface area contributed by atoms with Gasteiger partial charge in [-0.25, -0.2) is 0 Å². The molecular formula is C28H35NO6Si. The average Bonchev–Trinajstić information content (AvgIpc) is 2.88. The molecular weight excluding hydrogens is 474 g/mol. The van der Waals surface area contributed by atoms with Crippen LogP contribution in [0.4, 0.5) is 5.69 Å². The minimum atomic E-state index is -2.54. The SMILES string of the molecule is CC(C)(C)[Si](OCCOCCOCCOc1ccc([N+](=O)[O-])cc1)(c1ccccc1)c1ccccc1. The fourth-order valence-electron chi connectivity index (χ4n) is 4.22. The molecule has 36 heavy (non-hydrogen) atoms. The summed E-state index contributed by atoms with van der Waals surface area (Å²) in [7, 11) is -2.54. The normalized spacial score (nSPS) is 11.9. The highest BCUT2D eigenvalue weighted by Gasteiger charge is 2.49. The second kappa shape index (κ2) is 13.3. The lowest BCUT2D eigenvalue weighted by Gasteiger charge is -2.43. The maximum Gasteiger partial charge on any atom is 0.269 e. The van der Waals surface area contributed by atoms with Gasteiger partial charge in [-0.3, -0.25) is 10.1 Å². The van der Waals surface area contributed by atoms with Gasteiger partial charge >= 0.3 is 0 Å². The largest absolute Gasteiger partial charge is 0.491 e. The lowest BCUT2D eigenvalue weighted by molar-refractivity contribution is -0.384. The van der Waals surface area contributed by atoms with Crippen LogP contribution in [0.15, 0.2) is 84.9 Å². The maximum atomic E-state index is 10.7. The van der Waals surface area contributed by atoms with Crippen molar-refractivity contribution in [3.8, 4) is 5.75 Å². The molecule has 0 aliphatic rings. The van der Waals surface area contributed by atoms with Crippen LogP contribution < -0.4 is 15.1 Å². The Labute approximate surface area is 214 Å². The predicted octanol–water partition coefficient (Wildman–Crippen LogP) is 4.58. The molecule has 0 radical (unpaired) electrons. The Kier molecular flexibility index (Phi) is 10.2. The molecule has 0 saturated heterocycles. The van der Waals surface area contributed by atoms with Crippen LogP contribution in [0.3, 0.4) is 0 Å². The molecule has 8 heteroatoms. The van der Waals surface area contributed by atoms with Crippen molar-refractivity contribution >= 4 is 24.4 Å². The van der Waals surface area contributed by atoms with E-state index < -0.39 is 13.2 Å². The maximum absolute atomic E-state index is 10.7. The van der Waals surface area contributed by atoms with Gasteiger partial charge in [-0.15, -0.1) is 0 Å². The number of hydrogen-bond acceptors (Lipinski definition) is 6. The Morgan fingerprint density at radius 3 is 1.64 bits per heavy atom. The summed E-state index contributed by atoms with van der Waals surface area (Å²) in [6.07, 6.45) is 0. The molecule has 0 unspecified atom stereocenters. The number of nitro groups is 1. The molecule has 0 atom stereocenters. The van der Waals surface area contributed by atoms with Crippen molar-refractivity contribution in [1.82, 2.24) is 0 Å². The molecule has 192 valence electrons. The first-order valence-corrected chi connectivity index (χ1v) is 14.0. The van der Waals surface area contributed by atoms with Gasteiger partial charge in [0.1, 0.15) is 12.4 Å². The molecule has 3 aromatic carbocycles. The molecule has 0 bridgehead atoms. The fourth-order valence-corrected chi connectivity index (χ4v) is 8.76. The molecule has 0 fully saturated rings. The number of ether oxygens (including phenoxy) is 3. The van der Waals surface area contributed by atoms with Gasteiger partial charge in [0.15, 0.2) is 0 Å². The summed E-state index contributed by atoms with van der Waals surface area (Å²) in [4.78, 5) is 10.3. The summed E-state index contributed by atoms with van der Waals surface area (Å²) in [6.45, 7) is 9.41. The van der Waals surface area contributed by atoms with E-state index in [1.54, 1.807) is 12.1 Å². The third-order valence-electron chi connectivity index (χ3n) is 5.88.